The molecule has 1 amide bonds. The van der Waals surface area contributed by atoms with Gasteiger partial charge in [-0.3, -0.25) is 4.79 Å². The summed E-state index contributed by atoms with van der Waals surface area (Å²) in [7, 11) is 0. The first-order chi connectivity index (χ1) is 8.48. The topological polar surface area (TPSA) is 64.3 Å². The molecule has 0 heterocycles. The number of hydrogen-bond donors (Lipinski definition) is 2. The van der Waals surface area contributed by atoms with Crippen LogP contribution < -0.4 is 11.1 Å². The number of amides is 1. The smallest absolute Gasteiger partial charge is 0.223 e. The van der Waals surface area contributed by atoms with Crippen molar-refractivity contribution in [1.29, 1.82) is 0 Å². The maximum atomic E-state index is 12.0. The van der Waals surface area contributed by atoms with Gasteiger partial charge in [-0.1, -0.05) is 0 Å². The van der Waals surface area contributed by atoms with Crippen molar-refractivity contribution in [2.24, 2.45) is 17.6 Å². The predicted octanol–water partition coefficient (Wildman–Crippen LogP) is 1.68. The summed E-state index contributed by atoms with van der Waals surface area (Å²) in [5.74, 6) is 0.970. The van der Waals surface area contributed by atoms with Crippen LogP contribution in [-0.4, -0.2) is 31.2 Å². The van der Waals surface area contributed by atoms with Crippen molar-refractivity contribution in [3.05, 3.63) is 0 Å². The van der Waals surface area contributed by atoms with Crippen LogP contribution in [0.1, 0.15) is 46.5 Å². The Balaban J connectivity index is 2.29. The number of hydrogen-bond acceptors (Lipinski definition) is 3. The second kappa shape index (κ2) is 7.10. The average Bonchev–Trinajstić information content (AvgIpc) is 2.36. The van der Waals surface area contributed by atoms with Gasteiger partial charge in [0.2, 0.25) is 5.91 Å². The first kappa shape index (κ1) is 15.4. The molecule has 1 fully saturated rings. The standard InChI is InChI=1S/C14H28N2O2/c1-4-18-14(2,3)10-16-13(17)12-7-5-11(9-15)6-8-12/h11-12H,4-10,15H2,1-3H3,(H,16,17). The van der Waals surface area contributed by atoms with E-state index in [-0.39, 0.29) is 17.4 Å². The summed E-state index contributed by atoms with van der Waals surface area (Å²) in [5, 5.41) is 3.02. The molecule has 1 aliphatic carbocycles. The number of nitrogens with one attached hydrogen (secondary N) is 1. The number of nitrogens with two attached hydrogens (primary N) is 1. The minimum atomic E-state index is -0.279. The fourth-order valence-corrected chi connectivity index (χ4v) is 2.55. The summed E-state index contributed by atoms with van der Waals surface area (Å²) < 4.78 is 5.57. The van der Waals surface area contributed by atoms with Crippen LogP contribution in [0.2, 0.25) is 0 Å². The molecule has 106 valence electrons. The van der Waals surface area contributed by atoms with E-state index in [4.69, 9.17) is 10.5 Å². The monoisotopic (exact) mass is 256 g/mol. The molecule has 0 aromatic heterocycles. The lowest BCUT2D eigenvalue weighted by Crippen LogP contribution is -2.43. The predicted molar refractivity (Wildman–Crippen MR) is 73.2 cm³/mol. The maximum Gasteiger partial charge on any atom is 0.223 e. The van der Waals surface area contributed by atoms with Crippen molar-refractivity contribution in [3.63, 3.8) is 0 Å². The number of carbonyl (C=O) groups excluding carboxylic acids is 1. The highest BCUT2D eigenvalue weighted by molar-refractivity contribution is 5.78. The van der Waals surface area contributed by atoms with Crippen LogP contribution in [0.25, 0.3) is 0 Å². The molecule has 1 aliphatic rings. The minimum absolute atomic E-state index is 0.172. The van der Waals surface area contributed by atoms with Gasteiger partial charge in [-0.15, -0.1) is 0 Å². The molecule has 1 rings (SSSR count). The Morgan fingerprint density at radius 3 is 2.44 bits per heavy atom. The normalized spacial score (nSPS) is 24.9. The van der Waals surface area contributed by atoms with Crippen LogP contribution in [0, 0.1) is 11.8 Å². The van der Waals surface area contributed by atoms with E-state index in [9.17, 15) is 4.79 Å². The van der Waals surface area contributed by atoms with Crippen LogP contribution in [0.5, 0.6) is 0 Å². The lowest BCUT2D eigenvalue weighted by Gasteiger charge is -2.29. The Morgan fingerprint density at radius 1 is 1.33 bits per heavy atom. The lowest BCUT2D eigenvalue weighted by molar-refractivity contribution is -0.127. The quantitative estimate of drug-likeness (QED) is 0.760. The summed E-state index contributed by atoms with van der Waals surface area (Å²) in [6.07, 6.45) is 4.12. The third-order valence-corrected chi connectivity index (χ3v) is 3.77. The Labute approximate surface area is 111 Å². The second-order valence-corrected chi connectivity index (χ2v) is 5.86. The molecule has 18 heavy (non-hydrogen) atoms. The first-order valence-corrected chi connectivity index (χ1v) is 7.10. The van der Waals surface area contributed by atoms with Gasteiger partial charge in [-0.25, -0.2) is 0 Å². The second-order valence-electron chi connectivity index (χ2n) is 5.86. The van der Waals surface area contributed by atoms with E-state index in [2.05, 4.69) is 5.32 Å². The number of carbonyl (C=O) groups is 1. The zero-order chi connectivity index (χ0) is 13.6. The molecular weight excluding hydrogens is 228 g/mol. The summed E-state index contributed by atoms with van der Waals surface area (Å²) in [6.45, 7) is 7.98. The van der Waals surface area contributed by atoms with Crippen LogP contribution in [0.3, 0.4) is 0 Å². The highest BCUT2D eigenvalue weighted by Gasteiger charge is 2.27. The van der Waals surface area contributed by atoms with Gasteiger partial charge in [0.1, 0.15) is 0 Å². The zero-order valence-corrected chi connectivity index (χ0v) is 12.0. The Hall–Kier alpha value is -0.610. The molecule has 0 atom stereocenters. The highest BCUT2D eigenvalue weighted by atomic mass is 16.5. The molecular formula is C14H28N2O2. The van der Waals surface area contributed by atoms with Crippen LogP contribution in [0.15, 0.2) is 0 Å². The van der Waals surface area contributed by atoms with E-state index in [1.54, 1.807) is 0 Å². The van der Waals surface area contributed by atoms with Crippen molar-refractivity contribution in [2.45, 2.75) is 52.1 Å². The molecule has 0 bridgehead atoms. The van der Waals surface area contributed by atoms with E-state index in [0.717, 1.165) is 32.2 Å². The molecule has 0 radical (unpaired) electrons. The Bertz CT molecular complexity index is 259. The van der Waals surface area contributed by atoms with Gasteiger partial charge in [0.25, 0.3) is 0 Å². The van der Waals surface area contributed by atoms with Gasteiger partial charge in [0.15, 0.2) is 0 Å². The summed E-state index contributed by atoms with van der Waals surface area (Å²) in [4.78, 5) is 12.0. The molecule has 0 saturated heterocycles. The summed E-state index contributed by atoms with van der Waals surface area (Å²) in [6, 6.07) is 0. The largest absolute Gasteiger partial charge is 0.374 e. The van der Waals surface area contributed by atoms with Gasteiger partial charge in [-0.2, -0.15) is 0 Å². The van der Waals surface area contributed by atoms with Gasteiger partial charge in [-0.05, 0) is 58.9 Å². The van der Waals surface area contributed by atoms with Crippen molar-refractivity contribution in [1.82, 2.24) is 5.32 Å². The van der Waals surface area contributed by atoms with Crippen molar-refractivity contribution in [3.8, 4) is 0 Å². The van der Waals surface area contributed by atoms with Crippen molar-refractivity contribution in [2.75, 3.05) is 19.7 Å². The van der Waals surface area contributed by atoms with Crippen LogP contribution in [-0.2, 0) is 9.53 Å². The highest BCUT2D eigenvalue weighted by Crippen LogP contribution is 2.28. The minimum Gasteiger partial charge on any atom is -0.374 e. The van der Waals surface area contributed by atoms with E-state index in [0.29, 0.717) is 19.1 Å². The van der Waals surface area contributed by atoms with E-state index in [1.807, 2.05) is 20.8 Å². The van der Waals surface area contributed by atoms with Gasteiger partial charge >= 0.3 is 0 Å². The van der Waals surface area contributed by atoms with Crippen molar-refractivity contribution >= 4 is 5.91 Å². The molecule has 0 aliphatic heterocycles. The molecule has 3 N–H and O–H groups in total. The first-order valence-electron chi connectivity index (χ1n) is 7.10. The van der Waals surface area contributed by atoms with Gasteiger partial charge in [0.05, 0.1) is 5.60 Å². The third kappa shape index (κ3) is 4.94. The summed E-state index contributed by atoms with van der Waals surface area (Å²) in [5.41, 5.74) is 5.38. The molecule has 1 saturated carbocycles. The zero-order valence-electron chi connectivity index (χ0n) is 12.0. The Kier molecular flexibility index (Phi) is 6.09. The maximum absolute atomic E-state index is 12.0. The van der Waals surface area contributed by atoms with Crippen LogP contribution >= 0.6 is 0 Å². The number of ether oxygens (including phenoxy) is 1. The molecule has 0 unspecified atom stereocenters. The molecule has 0 aromatic rings. The van der Waals surface area contributed by atoms with E-state index >= 15 is 0 Å². The van der Waals surface area contributed by atoms with Crippen LogP contribution in [0.4, 0.5) is 0 Å². The fraction of sp³-hybridized carbons (Fsp3) is 0.929. The lowest BCUT2D eigenvalue weighted by atomic mass is 9.81. The molecule has 0 spiro atoms. The van der Waals surface area contributed by atoms with E-state index < -0.39 is 0 Å². The SMILES string of the molecule is CCOC(C)(C)CNC(=O)C1CCC(CN)CC1. The van der Waals surface area contributed by atoms with Crippen molar-refractivity contribution < 1.29 is 9.53 Å². The molecule has 0 aromatic carbocycles. The summed E-state index contributed by atoms with van der Waals surface area (Å²) >= 11 is 0. The van der Waals surface area contributed by atoms with Gasteiger partial charge < -0.3 is 15.8 Å². The number of rotatable bonds is 6. The fourth-order valence-electron chi connectivity index (χ4n) is 2.55. The molecule has 4 heteroatoms. The van der Waals surface area contributed by atoms with E-state index in [1.165, 1.54) is 0 Å². The third-order valence-electron chi connectivity index (χ3n) is 3.77. The molecule has 4 nitrogen and oxygen atoms in total. The van der Waals surface area contributed by atoms with Gasteiger partial charge in [0, 0.05) is 19.1 Å². The average molecular weight is 256 g/mol. The Morgan fingerprint density at radius 2 is 1.94 bits per heavy atom.